The number of hydrogen-bond acceptors (Lipinski definition) is 6. The van der Waals surface area contributed by atoms with E-state index in [9.17, 15) is 9.59 Å². The van der Waals surface area contributed by atoms with Gasteiger partial charge in [0.1, 0.15) is 11.2 Å². The number of benzene rings is 7. The molecule has 0 saturated carbocycles. The molecule has 0 atom stereocenters. The summed E-state index contributed by atoms with van der Waals surface area (Å²) >= 11 is 0. The average Bonchev–Trinajstić information content (AvgIpc) is 3.65. The lowest BCUT2D eigenvalue weighted by Crippen LogP contribution is -2.21. The van der Waals surface area contributed by atoms with Gasteiger partial charge in [-0.15, -0.1) is 0 Å². The topological polar surface area (TPSA) is 71.8 Å². The molecule has 3 aromatic heterocycles. The van der Waals surface area contributed by atoms with Gasteiger partial charge in [0.2, 0.25) is 0 Å². The van der Waals surface area contributed by atoms with E-state index in [4.69, 9.17) is 8.83 Å². The maximum atomic E-state index is 13.3. The Morgan fingerprint density at radius 1 is 0.413 bits per heavy atom. The lowest BCUT2D eigenvalue weighted by atomic mass is 9.98. The van der Waals surface area contributed by atoms with E-state index in [0.717, 1.165) is 109 Å². The van der Waals surface area contributed by atoms with E-state index in [1.807, 2.05) is 66.7 Å². The van der Waals surface area contributed by atoms with E-state index < -0.39 is 0 Å². The van der Waals surface area contributed by atoms with E-state index in [-0.39, 0.29) is 11.3 Å². The fraction of sp³-hybridized carbons (Fsp3) is 0.143. The van der Waals surface area contributed by atoms with Crippen molar-refractivity contribution >= 4 is 55.1 Å². The molecule has 7 aromatic carbocycles. The van der Waals surface area contributed by atoms with Crippen LogP contribution in [0.15, 0.2) is 182 Å². The van der Waals surface area contributed by atoms with Crippen LogP contribution in [0.3, 0.4) is 0 Å². The Morgan fingerprint density at radius 3 is 1.22 bits per heavy atom. The smallest absolute Gasteiger partial charge is 0.344 e. The van der Waals surface area contributed by atoms with E-state index in [1.165, 1.54) is 0 Å². The predicted octanol–water partition coefficient (Wildman–Crippen LogP) is 13.4. The van der Waals surface area contributed by atoms with Gasteiger partial charge in [0.05, 0.1) is 22.2 Å². The molecule has 0 fully saturated rings. The molecule has 0 aliphatic rings. The Labute approximate surface area is 365 Å². The molecule has 3 heterocycles. The second-order valence-corrected chi connectivity index (χ2v) is 16.0. The standard InChI is InChI=1S/C56H47N3O4/c1-5-57(6-2)45-26-22-42-30-49(55(60)62-53(42)34-45)38-18-14-36(15-19-38)40-24-28-47-48-29-25-41(33-52(48)59(51(47)32-40)44-12-10-9-11-13-44)37-16-20-39(21-17-37)50-31-43-23-27-46(58(7-3)8-4)35-54(43)63-56(50)61/h9-35H,5-8H2,1-4H3. The van der Waals surface area contributed by atoms with Gasteiger partial charge >= 0.3 is 11.3 Å². The Kier molecular flexibility index (Phi) is 10.2. The summed E-state index contributed by atoms with van der Waals surface area (Å²) in [6.45, 7) is 12.0. The fourth-order valence-electron chi connectivity index (χ4n) is 9.09. The van der Waals surface area contributed by atoms with Crippen LogP contribution in [0.25, 0.3) is 93.9 Å². The first-order valence-electron chi connectivity index (χ1n) is 21.8. The number of fused-ring (bicyclic) bond motifs is 5. The zero-order chi connectivity index (χ0) is 43.2. The summed E-state index contributed by atoms with van der Waals surface area (Å²) in [5.74, 6) is 0. The van der Waals surface area contributed by atoms with Crippen molar-refractivity contribution in [3.63, 3.8) is 0 Å². The molecule has 7 heteroatoms. The van der Waals surface area contributed by atoms with Gasteiger partial charge in [0.15, 0.2) is 0 Å². The molecule has 0 amide bonds. The van der Waals surface area contributed by atoms with Gasteiger partial charge in [0, 0.05) is 76.9 Å². The summed E-state index contributed by atoms with van der Waals surface area (Å²) in [5, 5.41) is 4.09. The molecule has 7 nitrogen and oxygen atoms in total. The molecule has 10 aromatic rings. The molecule has 63 heavy (non-hydrogen) atoms. The van der Waals surface area contributed by atoms with Crippen LogP contribution >= 0.6 is 0 Å². The SMILES string of the molecule is CCN(CC)c1ccc2cc(-c3ccc(-c4ccc5c6ccc(-c7ccc(-c8cc9ccc(N(CC)CC)cc9oc8=O)cc7)cc6n(-c6ccccc6)c5c4)cc3)c(=O)oc2c1. The number of rotatable bonds is 11. The first kappa shape index (κ1) is 39.5. The first-order valence-corrected chi connectivity index (χ1v) is 21.8. The first-order chi connectivity index (χ1) is 30.8. The highest BCUT2D eigenvalue weighted by Gasteiger charge is 2.17. The lowest BCUT2D eigenvalue weighted by molar-refractivity contribution is 0.563. The zero-order valence-corrected chi connectivity index (χ0v) is 35.9. The summed E-state index contributed by atoms with van der Waals surface area (Å²) in [6, 6.07) is 56.0. The molecule has 0 aliphatic heterocycles. The van der Waals surface area contributed by atoms with Gasteiger partial charge in [-0.2, -0.15) is 0 Å². The molecular formula is C56H47N3O4. The minimum Gasteiger partial charge on any atom is -0.422 e. The Balaban J connectivity index is 0.983. The average molecular weight is 826 g/mol. The second-order valence-electron chi connectivity index (χ2n) is 16.0. The van der Waals surface area contributed by atoms with Crippen LogP contribution in [-0.4, -0.2) is 30.7 Å². The molecule has 310 valence electrons. The molecule has 0 unspecified atom stereocenters. The van der Waals surface area contributed by atoms with Gasteiger partial charge in [-0.25, -0.2) is 9.59 Å². The van der Waals surface area contributed by atoms with Gasteiger partial charge in [0.25, 0.3) is 0 Å². The maximum Gasteiger partial charge on any atom is 0.344 e. The summed E-state index contributed by atoms with van der Waals surface area (Å²) in [7, 11) is 0. The van der Waals surface area contributed by atoms with Gasteiger partial charge < -0.3 is 23.2 Å². The van der Waals surface area contributed by atoms with E-state index >= 15 is 0 Å². The molecule has 10 rings (SSSR count). The van der Waals surface area contributed by atoms with Gasteiger partial charge in [-0.05, 0) is 122 Å². The Morgan fingerprint density at radius 2 is 0.810 bits per heavy atom. The van der Waals surface area contributed by atoms with Crippen molar-refractivity contribution in [1.29, 1.82) is 0 Å². The molecule has 0 radical (unpaired) electrons. The van der Waals surface area contributed by atoms with Crippen molar-refractivity contribution in [2.75, 3.05) is 36.0 Å². The van der Waals surface area contributed by atoms with E-state index in [2.05, 4.69) is 139 Å². The molecule has 0 N–H and O–H groups in total. The van der Waals surface area contributed by atoms with Crippen molar-refractivity contribution < 1.29 is 8.83 Å². The molecular weight excluding hydrogens is 779 g/mol. The van der Waals surface area contributed by atoms with Crippen LogP contribution in [0.4, 0.5) is 11.4 Å². The molecule has 0 spiro atoms. The molecule has 0 aliphatic carbocycles. The van der Waals surface area contributed by atoms with Gasteiger partial charge in [-0.1, -0.05) is 91.0 Å². The fourth-order valence-corrected chi connectivity index (χ4v) is 9.09. The summed E-state index contributed by atoms with van der Waals surface area (Å²) in [6.07, 6.45) is 0. The normalized spacial score (nSPS) is 11.6. The highest BCUT2D eigenvalue weighted by Crippen LogP contribution is 2.38. The molecule has 0 saturated heterocycles. The predicted molar refractivity (Wildman–Crippen MR) is 262 cm³/mol. The van der Waals surface area contributed by atoms with Crippen LogP contribution in [0, 0.1) is 0 Å². The third-order valence-electron chi connectivity index (χ3n) is 12.5. The van der Waals surface area contributed by atoms with Crippen molar-refractivity contribution in [1.82, 2.24) is 4.57 Å². The summed E-state index contributed by atoms with van der Waals surface area (Å²) < 4.78 is 14.1. The van der Waals surface area contributed by atoms with Crippen LogP contribution in [-0.2, 0) is 0 Å². The van der Waals surface area contributed by atoms with Crippen molar-refractivity contribution in [3.05, 3.63) is 185 Å². The van der Waals surface area contributed by atoms with Gasteiger partial charge in [-0.3, -0.25) is 0 Å². The third-order valence-corrected chi connectivity index (χ3v) is 12.5. The summed E-state index contributed by atoms with van der Waals surface area (Å²) in [4.78, 5) is 31.1. The van der Waals surface area contributed by atoms with Crippen LogP contribution in [0.1, 0.15) is 27.7 Å². The number of aromatic nitrogens is 1. The van der Waals surface area contributed by atoms with E-state index in [0.29, 0.717) is 22.3 Å². The highest BCUT2D eigenvalue weighted by atomic mass is 16.4. The van der Waals surface area contributed by atoms with E-state index in [1.54, 1.807) is 0 Å². The van der Waals surface area contributed by atoms with Crippen molar-refractivity contribution in [3.8, 4) is 50.2 Å². The monoisotopic (exact) mass is 825 g/mol. The third kappa shape index (κ3) is 7.15. The van der Waals surface area contributed by atoms with Crippen LogP contribution in [0.2, 0.25) is 0 Å². The number of hydrogen-bond donors (Lipinski definition) is 0. The highest BCUT2D eigenvalue weighted by molar-refractivity contribution is 6.11. The molecule has 0 bridgehead atoms. The van der Waals surface area contributed by atoms with Crippen molar-refractivity contribution in [2.24, 2.45) is 0 Å². The van der Waals surface area contributed by atoms with Crippen molar-refractivity contribution in [2.45, 2.75) is 27.7 Å². The number of nitrogens with zero attached hydrogens (tertiary/aromatic N) is 3. The quantitative estimate of drug-likeness (QED) is 0.121. The maximum absolute atomic E-state index is 13.3. The minimum absolute atomic E-state index is 0.349. The number of para-hydroxylation sites is 1. The Hall–Kier alpha value is -7.64. The zero-order valence-electron chi connectivity index (χ0n) is 35.9. The Bertz CT molecular complexity index is 3220. The minimum atomic E-state index is -0.349. The largest absolute Gasteiger partial charge is 0.422 e. The lowest BCUT2D eigenvalue weighted by Gasteiger charge is -2.21. The van der Waals surface area contributed by atoms with Crippen LogP contribution in [0.5, 0.6) is 0 Å². The van der Waals surface area contributed by atoms with Crippen LogP contribution < -0.4 is 21.1 Å². The second kappa shape index (κ2) is 16.3. The number of anilines is 2. The summed E-state index contributed by atoms with van der Waals surface area (Å²) in [5.41, 5.74) is 12.8.